The lowest BCUT2D eigenvalue weighted by molar-refractivity contribution is -0.141. The third-order valence-electron chi connectivity index (χ3n) is 5.93. The van der Waals surface area contributed by atoms with Crippen LogP contribution in [-0.4, -0.2) is 13.1 Å². The summed E-state index contributed by atoms with van der Waals surface area (Å²) < 4.78 is 11.2. The number of carbonyl (C=O) groups excluding carboxylic acids is 1. The number of ether oxygens (including phenoxy) is 2. The summed E-state index contributed by atoms with van der Waals surface area (Å²) in [7, 11) is 1.65. The van der Waals surface area contributed by atoms with Crippen molar-refractivity contribution in [2.75, 3.05) is 7.11 Å². The minimum atomic E-state index is -0.247. The molecule has 3 aliphatic rings. The van der Waals surface area contributed by atoms with Gasteiger partial charge in [0.25, 0.3) is 0 Å². The highest BCUT2D eigenvalue weighted by molar-refractivity contribution is 5.89. The van der Waals surface area contributed by atoms with Gasteiger partial charge in [0.05, 0.1) is 13.0 Å². The molecule has 0 amide bonds. The average molecular weight is 344 g/mol. The van der Waals surface area contributed by atoms with Crippen LogP contribution in [0.5, 0.6) is 5.75 Å². The molecule has 2 bridgehead atoms. The summed E-state index contributed by atoms with van der Waals surface area (Å²) in [6, 6.07) is 17.8. The molecule has 2 aromatic carbocycles. The fourth-order valence-electron chi connectivity index (χ4n) is 4.79. The number of rotatable bonds is 3. The van der Waals surface area contributed by atoms with Crippen LogP contribution >= 0.6 is 0 Å². The summed E-state index contributed by atoms with van der Waals surface area (Å²) in [5.41, 5.74) is 3.30. The first-order chi connectivity index (χ1) is 12.8. The van der Waals surface area contributed by atoms with E-state index in [9.17, 15) is 4.79 Å². The first kappa shape index (κ1) is 15.4. The Balaban J connectivity index is 1.63. The Hall–Kier alpha value is -2.81. The molecule has 1 fully saturated rings. The number of methoxy groups -OCH3 is 1. The van der Waals surface area contributed by atoms with Gasteiger partial charge in [-0.15, -0.1) is 0 Å². The van der Waals surface area contributed by atoms with Crippen LogP contribution in [-0.2, 0) is 9.53 Å². The lowest BCUT2D eigenvalue weighted by atomic mass is 9.73. The quantitative estimate of drug-likeness (QED) is 0.604. The fraction of sp³-hybridized carbons (Fsp3) is 0.261. The number of cyclic esters (lactones) is 1. The highest BCUT2D eigenvalue weighted by Crippen LogP contribution is 2.58. The summed E-state index contributed by atoms with van der Waals surface area (Å²) >= 11 is 0. The van der Waals surface area contributed by atoms with E-state index in [0.29, 0.717) is 11.8 Å². The van der Waals surface area contributed by atoms with Gasteiger partial charge in [0.15, 0.2) is 0 Å². The van der Waals surface area contributed by atoms with Gasteiger partial charge in [0.1, 0.15) is 11.5 Å². The van der Waals surface area contributed by atoms with Gasteiger partial charge >= 0.3 is 5.97 Å². The highest BCUT2D eigenvalue weighted by atomic mass is 16.5. The molecule has 1 heterocycles. The molecule has 26 heavy (non-hydrogen) atoms. The van der Waals surface area contributed by atoms with E-state index >= 15 is 0 Å². The van der Waals surface area contributed by atoms with Crippen molar-refractivity contribution in [2.45, 2.75) is 12.3 Å². The van der Waals surface area contributed by atoms with Gasteiger partial charge < -0.3 is 9.47 Å². The van der Waals surface area contributed by atoms with Gasteiger partial charge in [0, 0.05) is 17.4 Å². The Morgan fingerprint density at radius 2 is 1.77 bits per heavy atom. The van der Waals surface area contributed by atoms with Gasteiger partial charge in [0.2, 0.25) is 0 Å². The molecule has 0 aromatic heterocycles. The largest absolute Gasteiger partial charge is 0.497 e. The minimum Gasteiger partial charge on any atom is -0.497 e. The third kappa shape index (κ3) is 2.23. The van der Waals surface area contributed by atoms with E-state index in [1.165, 1.54) is 5.57 Å². The van der Waals surface area contributed by atoms with Crippen LogP contribution in [0.4, 0.5) is 0 Å². The first-order valence-corrected chi connectivity index (χ1v) is 9.09. The van der Waals surface area contributed by atoms with E-state index in [0.717, 1.165) is 29.1 Å². The van der Waals surface area contributed by atoms with Crippen LogP contribution in [0, 0.1) is 17.8 Å². The predicted molar refractivity (Wildman–Crippen MR) is 99.4 cm³/mol. The van der Waals surface area contributed by atoms with Crippen molar-refractivity contribution in [3.63, 3.8) is 0 Å². The molecule has 2 aromatic rings. The molecule has 3 heteroatoms. The monoisotopic (exact) mass is 344 g/mol. The summed E-state index contributed by atoms with van der Waals surface area (Å²) in [5, 5.41) is 0. The maximum absolute atomic E-state index is 13.0. The molecule has 4 atom stereocenters. The van der Waals surface area contributed by atoms with Crippen molar-refractivity contribution >= 4 is 11.7 Å². The number of hydrogen-bond acceptors (Lipinski definition) is 3. The number of fused-ring (bicyclic) bond motifs is 5. The molecule has 3 nitrogen and oxygen atoms in total. The number of esters is 1. The van der Waals surface area contributed by atoms with Crippen molar-refractivity contribution in [3.8, 4) is 5.75 Å². The van der Waals surface area contributed by atoms with E-state index in [1.807, 2.05) is 54.6 Å². The Kier molecular flexibility index (Phi) is 3.49. The van der Waals surface area contributed by atoms with Crippen molar-refractivity contribution in [2.24, 2.45) is 17.8 Å². The van der Waals surface area contributed by atoms with Gasteiger partial charge in [-0.05, 0) is 35.6 Å². The molecule has 4 unspecified atom stereocenters. The normalized spacial score (nSPS) is 28.9. The Bertz CT molecular complexity index is 908. The SMILES string of the molecule is COc1ccc(C2C(=O)OC(c3ccccc3)=C3C4C=CC(C4)C32)cc1. The van der Waals surface area contributed by atoms with Gasteiger partial charge in [-0.2, -0.15) is 0 Å². The first-order valence-electron chi connectivity index (χ1n) is 9.09. The van der Waals surface area contributed by atoms with Gasteiger partial charge in [-0.1, -0.05) is 54.6 Å². The molecule has 2 aliphatic carbocycles. The summed E-state index contributed by atoms with van der Waals surface area (Å²) in [6.45, 7) is 0. The number of carbonyl (C=O) groups is 1. The standard InChI is InChI=1S/C23H20O3/c1-25-18-11-9-14(10-12-18)21-19-16-7-8-17(13-16)20(19)22(26-23(21)24)15-5-3-2-4-6-15/h2-12,16-17,19,21H,13H2,1H3. The number of allylic oxidation sites excluding steroid dienone is 3. The zero-order valence-corrected chi connectivity index (χ0v) is 14.6. The summed E-state index contributed by atoms with van der Waals surface area (Å²) in [6.07, 6.45) is 5.65. The average Bonchev–Trinajstić information content (AvgIpc) is 3.31. The number of hydrogen-bond donors (Lipinski definition) is 0. The molecule has 0 spiro atoms. The summed E-state index contributed by atoms with van der Waals surface area (Å²) in [5.74, 6) is 2.17. The van der Waals surface area contributed by atoms with Crippen LogP contribution in [0.1, 0.15) is 23.5 Å². The van der Waals surface area contributed by atoms with E-state index < -0.39 is 0 Å². The van der Waals surface area contributed by atoms with E-state index in [2.05, 4.69) is 12.2 Å². The Morgan fingerprint density at radius 3 is 2.50 bits per heavy atom. The van der Waals surface area contributed by atoms with E-state index in [-0.39, 0.29) is 17.8 Å². The lowest BCUT2D eigenvalue weighted by Gasteiger charge is -2.35. The molecule has 1 aliphatic heterocycles. The third-order valence-corrected chi connectivity index (χ3v) is 5.93. The van der Waals surface area contributed by atoms with Gasteiger partial charge in [-0.3, -0.25) is 4.79 Å². The Labute approximate surface area is 152 Å². The second-order valence-electron chi connectivity index (χ2n) is 7.24. The topological polar surface area (TPSA) is 35.5 Å². The van der Waals surface area contributed by atoms with Crippen molar-refractivity contribution < 1.29 is 14.3 Å². The molecule has 0 saturated heterocycles. The highest BCUT2D eigenvalue weighted by Gasteiger charge is 2.52. The summed E-state index contributed by atoms with van der Waals surface area (Å²) in [4.78, 5) is 13.0. The van der Waals surface area contributed by atoms with Crippen LogP contribution in [0.25, 0.3) is 5.76 Å². The zero-order chi connectivity index (χ0) is 17.7. The van der Waals surface area contributed by atoms with Crippen LogP contribution in [0.15, 0.2) is 72.3 Å². The molecule has 130 valence electrons. The fourth-order valence-corrected chi connectivity index (χ4v) is 4.79. The zero-order valence-electron chi connectivity index (χ0n) is 14.6. The number of benzene rings is 2. The van der Waals surface area contributed by atoms with E-state index in [4.69, 9.17) is 9.47 Å². The van der Waals surface area contributed by atoms with Crippen molar-refractivity contribution in [3.05, 3.63) is 83.4 Å². The molecule has 1 saturated carbocycles. The van der Waals surface area contributed by atoms with E-state index in [1.54, 1.807) is 7.11 Å². The minimum absolute atomic E-state index is 0.149. The Morgan fingerprint density at radius 1 is 1.00 bits per heavy atom. The molecular weight excluding hydrogens is 324 g/mol. The smallest absolute Gasteiger partial charge is 0.319 e. The maximum atomic E-state index is 13.0. The van der Waals surface area contributed by atoms with Crippen LogP contribution in [0.2, 0.25) is 0 Å². The molecule has 0 radical (unpaired) electrons. The van der Waals surface area contributed by atoms with Crippen LogP contribution in [0.3, 0.4) is 0 Å². The van der Waals surface area contributed by atoms with Crippen LogP contribution < -0.4 is 4.74 Å². The molecule has 5 rings (SSSR count). The second-order valence-corrected chi connectivity index (χ2v) is 7.24. The molecular formula is C23H20O3. The molecule has 0 N–H and O–H groups in total. The van der Waals surface area contributed by atoms with Crippen molar-refractivity contribution in [1.29, 1.82) is 0 Å². The van der Waals surface area contributed by atoms with Gasteiger partial charge in [-0.25, -0.2) is 0 Å². The van der Waals surface area contributed by atoms with Crippen molar-refractivity contribution in [1.82, 2.24) is 0 Å². The lowest BCUT2D eigenvalue weighted by Crippen LogP contribution is -2.32. The predicted octanol–water partition coefficient (Wildman–Crippen LogP) is 4.57. The second kappa shape index (κ2) is 5.87. The maximum Gasteiger partial charge on any atom is 0.319 e.